The molecule has 28 heavy (non-hydrogen) atoms. The Morgan fingerprint density at radius 1 is 1.18 bits per heavy atom. The Kier molecular flexibility index (Phi) is 4.25. The Morgan fingerprint density at radius 3 is 2.68 bits per heavy atom. The Labute approximate surface area is 168 Å². The first kappa shape index (κ1) is 17.8. The van der Waals surface area contributed by atoms with E-state index in [4.69, 9.17) is 15.0 Å². The maximum atomic E-state index is 10.1. The van der Waals surface area contributed by atoms with E-state index < -0.39 is 0 Å². The summed E-state index contributed by atoms with van der Waals surface area (Å²) >= 11 is 1.68. The second kappa shape index (κ2) is 6.67. The summed E-state index contributed by atoms with van der Waals surface area (Å²) < 4.78 is 1.17. The molecule has 0 radical (unpaired) electrons. The number of rotatable bonds is 5. The molecule has 0 bridgehead atoms. The van der Waals surface area contributed by atoms with Gasteiger partial charge < -0.3 is 15.3 Å². The number of aliphatic hydroxyl groups is 1. The molecule has 5 rings (SSSR count). The number of nitrogens with zero attached hydrogens (tertiary/aromatic N) is 4. The molecular formula is C21H25N5OS. The van der Waals surface area contributed by atoms with Crippen molar-refractivity contribution in [1.29, 1.82) is 0 Å². The fourth-order valence-corrected chi connectivity index (χ4v) is 5.48. The molecule has 2 aliphatic carbocycles. The van der Waals surface area contributed by atoms with Crippen LogP contribution in [0.15, 0.2) is 24.3 Å². The molecule has 0 saturated heterocycles. The Balaban J connectivity index is 1.63. The van der Waals surface area contributed by atoms with Gasteiger partial charge in [0.1, 0.15) is 10.8 Å². The van der Waals surface area contributed by atoms with Crippen LogP contribution in [-0.4, -0.2) is 46.3 Å². The number of hydrogen-bond acceptors (Lipinski definition) is 7. The average Bonchev–Trinajstić information content (AvgIpc) is 3.03. The molecule has 2 aliphatic rings. The average molecular weight is 396 g/mol. The van der Waals surface area contributed by atoms with Crippen molar-refractivity contribution < 1.29 is 5.11 Å². The zero-order valence-electron chi connectivity index (χ0n) is 16.4. The minimum atomic E-state index is -0.155. The van der Waals surface area contributed by atoms with Crippen LogP contribution >= 0.6 is 11.3 Å². The molecule has 3 aromatic rings. The van der Waals surface area contributed by atoms with Crippen molar-refractivity contribution in [2.75, 3.05) is 24.3 Å². The van der Waals surface area contributed by atoms with Crippen molar-refractivity contribution in [1.82, 2.24) is 15.0 Å². The fourth-order valence-electron chi connectivity index (χ4n) is 4.45. The highest BCUT2D eigenvalue weighted by atomic mass is 32.1. The highest BCUT2D eigenvalue weighted by Crippen LogP contribution is 2.53. The molecule has 2 aromatic heterocycles. The van der Waals surface area contributed by atoms with Crippen LogP contribution in [0.25, 0.3) is 20.8 Å². The zero-order chi connectivity index (χ0) is 19.4. The van der Waals surface area contributed by atoms with Gasteiger partial charge in [0.2, 0.25) is 5.95 Å². The quantitative estimate of drug-likeness (QED) is 0.688. The molecule has 2 heterocycles. The number of anilines is 2. The number of hydrogen-bond donors (Lipinski definition) is 2. The topological polar surface area (TPSA) is 74.2 Å². The van der Waals surface area contributed by atoms with E-state index in [1.165, 1.54) is 4.70 Å². The summed E-state index contributed by atoms with van der Waals surface area (Å²) in [6.07, 6.45) is 2.82. The number of aromatic nitrogens is 3. The zero-order valence-corrected chi connectivity index (χ0v) is 17.2. The highest BCUT2D eigenvalue weighted by Gasteiger charge is 2.57. The lowest BCUT2D eigenvalue weighted by Gasteiger charge is -2.21. The number of thiazole rings is 1. The van der Waals surface area contributed by atoms with E-state index in [1.807, 2.05) is 37.2 Å². The predicted octanol–water partition coefficient (Wildman–Crippen LogP) is 3.56. The maximum absolute atomic E-state index is 10.1. The molecule has 0 amide bonds. The summed E-state index contributed by atoms with van der Waals surface area (Å²) in [6.45, 7) is 2.12. The van der Waals surface area contributed by atoms with Crippen molar-refractivity contribution in [2.24, 2.45) is 11.8 Å². The Morgan fingerprint density at radius 2 is 2.00 bits per heavy atom. The Bertz CT molecular complexity index is 1000. The van der Waals surface area contributed by atoms with Crippen LogP contribution in [0.3, 0.4) is 0 Å². The van der Waals surface area contributed by atoms with Gasteiger partial charge in [0.25, 0.3) is 0 Å². The first-order valence-corrected chi connectivity index (χ1v) is 10.8. The molecule has 146 valence electrons. The lowest BCUT2D eigenvalue weighted by molar-refractivity contribution is 0.229. The standard InChI is InChI=1S/C21H25N5OS/c1-4-12-17(20-23-13-7-5-6-8-15(13)28-20)19(25-21(24-12)26(2)3)22-14-10-9-11-16(14)18(11)27/h5-8,11,14,16,18,27H,4,9-10H2,1-3H3,(H,22,24,25). The highest BCUT2D eigenvalue weighted by molar-refractivity contribution is 7.21. The predicted molar refractivity (Wildman–Crippen MR) is 114 cm³/mol. The van der Waals surface area contributed by atoms with Crippen LogP contribution in [0.1, 0.15) is 25.5 Å². The van der Waals surface area contributed by atoms with Crippen molar-refractivity contribution >= 4 is 33.3 Å². The molecule has 0 spiro atoms. The van der Waals surface area contributed by atoms with Crippen LogP contribution in [0.5, 0.6) is 0 Å². The number of aryl methyl sites for hydroxylation is 1. The maximum Gasteiger partial charge on any atom is 0.227 e. The monoisotopic (exact) mass is 395 g/mol. The number of para-hydroxylation sites is 1. The second-order valence-corrected chi connectivity index (χ2v) is 9.02. The van der Waals surface area contributed by atoms with E-state index >= 15 is 0 Å². The third-order valence-corrected chi connectivity index (χ3v) is 7.05. The normalized spacial score (nSPS) is 25.7. The van der Waals surface area contributed by atoms with Gasteiger partial charge in [0.05, 0.1) is 27.6 Å². The van der Waals surface area contributed by atoms with Crippen LogP contribution in [0.2, 0.25) is 0 Å². The van der Waals surface area contributed by atoms with Crippen LogP contribution < -0.4 is 10.2 Å². The molecule has 2 saturated carbocycles. The summed E-state index contributed by atoms with van der Waals surface area (Å²) in [6, 6.07) is 8.48. The summed E-state index contributed by atoms with van der Waals surface area (Å²) in [5.74, 6) is 2.37. The van der Waals surface area contributed by atoms with Gasteiger partial charge in [0, 0.05) is 26.1 Å². The van der Waals surface area contributed by atoms with Gasteiger partial charge in [-0.05, 0) is 37.3 Å². The van der Waals surface area contributed by atoms with Gasteiger partial charge in [0.15, 0.2) is 0 Å². The van der Waals surface area contributed by atoms with Crippen LogP contribution in [-0.2, 0) is 6.42 Å². The van der Waals surface area contributed by atoms with Gasteiger partial charge in [-0.2, -0.15) is 4.98 Å². The summed E-state index contributed by atoms with van der Waals surface area (Å²) in [4.78, 5) is 16.5. The van der Waals surface area contributed by atoms with Gasteiger partial charge in [-0.3, -0.25) is 0 Å². The van der Waals surface area contributed by atoms with Crippen molar-refractivity contribution in [3.05, 3.63) is 30.0 Å². The van der Waals surface area contributed by atoms with Gasteiger partial charge in [-0.1, -0.05) is 19.1 Å². The van der Waals surface area contributed by atoms with E-state index in [9.17, 15) is 5.11 Å². The fraction of sp³-hybridized carbons (Fsp3) is 0.476. The van der Waals surface area contributed by atoms with Crippen molar-refractivity contribution in [3.63, 3.8) is 0 Å². The molecule has 2 fully saturated rings. The van der Waals surface area contributed by atoms with E-state index in [1.54, 1.807) is 11.3 Å². The van der Waals surface area contributed by atoms with Gasteiger partial charge in [-0.15, -0.1) is 11.3 Å². The minimum absolute atomic E-state index is 0.155. The number of nitrogens with one attached hydrogen (secondary N) is 1. The van der Waals surface area contributed by atoms with Crippen molar-refractivity contribution in [3.8, 4) is 10.6 Å². The third-order valence-electron chi connectivity index (χ3n) is 6.00. The molecule has 1 aromatic carbocycles. The molecule has 7 heteroatoms. The summed E-state index contributed by atoms with van der Waals surface area (Å²) in [7, 11) is 3.93. The molecule has 6 nitrogen and oxygen atoms in total. The SMILES string of the molecule is CCc1nc(N(C)C)nc(NC2CCC3C(O)C23)c1-c1nc2ccccc2s1. The summed E-state index contributed by atoms with van der Waals surface area (Å²) in [5, 5.41) is 14.8. The summed E-state index contributed by atoms with van der Waals surface area (Å²) in [5.41, 5.74) is 3.02. The van der Waals surface area contributed by atoms with E-state index in [0.717, 1.165) is 46.9 Å². The lowest BCUT2D eigenvalue weighted by atomic mass is 10.1. The first-order chi connectivity index (χ1) is 13.6. The van der Waals surface area contributed by atoms with Gasteiger partial charge >= 0.3 is 0 Å². The molecule has 2 N–H and O–H groups in total. The third kappa shape index (κ3) is 2.84. The van der Waals surface area contributed by atoms with Gasteiger partial charge in [-0.25, -0.2) is 9.97 Å². The van der Waals surface area contributed by atoms with E-state index in [-0.39, 0.29) is 12.1 Å². The minimum Gasteiger partial charge on any atom is -0.392 e. The number of benzene rings is 1. The van der Waals surface area contributed by atoms with Crippen LogP contribution in [0.4, 0.5) is 11.8 Å². The number of fused-ring (bicyclic) bond motifs is 2. The van der Waals surface area contributed by atoms with E-state index in [0.29, 0.717) is 17.8 Å². The molecular weight excluding hydrogens is 370 g/mol. The smallest absolute Gasteiger partial charge is 0.227 e. The largest absolute Gasteiger partial charge is 0.392 e. The van der Waals surface area contributed by atoms with Crippen LogP contribution in [0, 0.1) is 11.8 Å². The van der Waals surface area contributed by atoms with Crippen molar-refractivity contribution in [2.45, 2.75) is 38.3 Å². The molecule has 4 unspecified atom stereocenters. The first-order valence-electron chi connectivity index (χ1n) is 9.95. The molecule has 4 atom stereocenters. The number of aliphatic hydroxyl groups excluding tert-OH is 1. The Hall–Kier alpha value is -2.25. The van der Waals surface area contributed by atoms with E-state index in [2.05, 4.69) is 18.3 Å². The lowest BCUT2D eigenvalue weighted by Crippen LogP contribution is -2.24. The molecule has 0 aliphatic heterocycles. The second-order valence-electron chi connectivity index (χ2n) is 7.99.